The van der Waals surface area contributed by atoms with E-state index in [2.05, 4.69) is 191 Å². The van der Waals surface area contributed by atoms with Crippen molar-refractivity contribution < 1.29 is 4.42 Å². The highest BCUT2D eigenvalue weighted by atomic mass is 16.3. The van der Waals surface area contributed by atoms with E-state index in [0.717, 1.165) is 39.0 Å². The Hall–Kier alpha value is -5.86. The van der Waals surface area contributed by atoms with Crippen LogP contribution in [0.3, 0.4) is 0 Å². The van der Waals surface area contributed by atoms with Gasteiger partial charge in [-0.05, 0) is 86.3 Å². The third kappa shape index (κ3) is 5.01. The van der Waals surface area contributed by atoms with Crippen LogP contribution in [-0.4, -0.2) is 0 Å². The van der Waals surface area contributed by atoms with Gasteiger partial charge in [0.2, 0.25) is 0 Å². The van der Waals surface area contributed by atoms with Gasteiger partial charge in [-0.15, -0.1) is 0 Å². The third-order valence-electron chi connectivity index (χ3n) is 10.8. The molecule has 0 bridgehead atoms. The molecule has 0 saturated heterocycles. The summed E-state index contributed by atoms with van der Waals surface area (Å²) in [6.45, 7) is 11.7. The van der Waals surface area contributed by atoms with Gasteiger partial charge in [0.05, 0.1) is 16.8 Å². The van der Waals surface area contributed by atoms with Crippen LogP contribution in [0.2, 0.25) is 0 Å². The highest BCUT2D eigenvalue weighted by molar-refractivity contribution is 6.14. The first-order valence-electron chi connectivity index (χ1n) is 17.9. The quantitative estimate of drug-likeness (QED) is 0.183. The fourth-order valence-electron chi connectivity index (χ4n) is 8.18. The van der Waals surface area contributed by atoms with Crippen molar-refractivity contribution >= 4 is 39.0 Å². The van der Waals surface area contributed by atoms with E-state index in [0.29, 0.717) is 0 Å². The van der Waals surface area contributed by atoms with Crippen LogP contribution in [0.15, 0.2) is 162 Å². The molecule has 7 aromatic carbocycles. The van der Waals surface area contributed by atoms with Crippen LogP contribution in [0, 0.1) is 0 Å². The van der Waals surface area contributed by atoms with Gasteiger partial charge in [-0.2, -0.15) is 0 Å². The zero-order valence-electron chi connectivity index (χ0n) is 29.9. The van der Waals surface area contributed by atoms with Gasteiger partial charge in [-0.1, -0.05) is 156 Å². The standard InChI is InChI=1S/C49H41NO/c1-48(2,3)34-28-29-38-41(31-34)49(4,5)40-23-14-22-37(46(38)40)36-20-9-11-24-42(36)50(35-19-13-18-33(30-35)32-16-7-6-8-17-32)43-25-15-27-45-47(43)39-21-10-12-26-44(39)51-45/h6-31H,1-5H3. The second-order valence-corrected chi connectivity index (χ2v) is 15.4. The number of rotatable bonds is 5. The van der Waals surface area contributed by atoms with Gasteiger partial charge < -0.3 is 9.32 Å². The van der Waals surface area contributed by atoms with Crippen molar-refractivity contribution in [2.75, 3.05) is 4.90 Å². The number of fused-ring (bicyclic) bond motifs is 6. The molecule has 1 aliphatic carbocycles. The Balaban J connectivity index is 1.32. The van der Waals surface area contributed by atoms with Crippen LogP contribution in [0.1, 0.15) is 51.3 Å². The predicted molar refractivity (Wildman–Crippen MR) is 216 cm³/mol. The highest BCUT2D eigenvalue weighted by Gasteiger charge is 2.38. The number of para-hydroxylation sites is 2. The summed E-state index contributed by atoms with van der Waals surface area (Å²) >= 11 is 0. The molecule has 1 aromatic heterocycles. The zero-order valence-corrected chi connectivity index (χ0v) is 29.9. The van der Waals surface area contributed by atoms with Crippen LogP contribution in [0.4, 0.5) is 17.1 Å². The monoisotopic (exact) mass is 659 g/mol. The maximum atomic E-state index is 6.45. The number of furan rings is 1. The number of nitrogens with zero attached hydrogens (tertiary/aromatic N) is 1. The maximum Gasteiger partial charge on any atom is 0.137 e. The van der Waals surface area contributed by atoms with Crippen molar-refractivity contribution in [1.29, 1.82) is 0 Å². The molecule has 2 heteroatoms. The molecule has 1 heterocycles. The fourth-order valence-corrected chi connectivity index (χ4v) is 8.18. The van der Waals surface area contributed by atoms with E-state index < -0.39 is 0 Å². The lowest BCUT2D eigenvalue weighted by Crippen LogP contribution is -2.17. The van der Waals surface area contributed by atoms with Crippen LogP contribution in [-0.2, 0) is 10.8 Å². The molecule has 1 aliphatic rings. The maximum absolute atomic E-state index is 6.45. The van der Waals surface area contributed by atoms with Crippen molar-refractivity contribution in [2.24, 2.45) is 0 Å². The van der Waals surface area contributed by atoms with E-state index in [9.17, 15) is 0 Å². The minimum absolute atomic E-state index is 0.0718. The topological polar surface area (TPSA) is 16.4 Å². The number of hydrogen-bond donors (Lipinski definition) is 0. The molecule has 0 atom stereocenters. The average Bonchev–Trinajstić information content (AvgIpc) is 3.64. The minimum Gasteiger partial charge on any atom is -0.456 e. The number of benzene rings is 7. The van der Waals surface area contributed by atoms with Crippen molar-refractivity contribution in [1.82, 2.24) is 0 Å². The highest BCUT2D eigenvalue weighted by Crippen LogP contribution is 2.55. The molecule has 0 N–H and O–H groups in total. The SMILES string of the molecule is CC(C)(C)c1ccc2c(c1)C(C)(C)c1cccc(-c3ccccc3N(c3cccc(-c4ccccc4)c3)c3cccc4oc5ccccc5c34)c1-2. The van der Waals surface area contributed by atoms with Gasteiger partial charge in [-0.25, -0.2) is 0 Å². The van der Waals surface area contributed by atoms with E-state index in [1.807, 2.05) is 6.07 Å². The van der Waals surface area contributed by atoms with Gasteiger partial charge >= 0.3 is 0 Å². The van der Waals surface area contributed by atoms with Gasteiger partial charge in [0.15, 0.2) is 0 Å². The smallest absolute Gasteiger partial charge is 0.137 e. The Labute approximate surface area is 300 Å². The van der Waals surface area contributed by atoms with Gasteiger partial charge in [0.25, 0.3) is 0 Å². The molecule has 9 rings (SSSR count). The predicted octanol–water partition coefficient (Wildman–Crippen LogP) is 14.0. The Morgan fingerprint density at radius 1 is 0.510 bits per heavy atom. The molecule has 248 valence electrons. The van der Waals surface area contributed by atoms with Crippen LogP contribution >= 0.6 is 0 Å². The summed E-state index contributed by atoms with van der Waals surface area (Å²) in [6, 6.07) is 57.3. The molecule has 0 amide bonds. The molecule has 51 heavy (non-hydrogen) atoms. The second kappa shape index (κ2) is 11.6. The van der Waals surface area contributed by atoms with E-state index in [1.54, 1.807) is 0 Å². The summed E-state index contributed by atoms with van der Waals surface area (Å²) < 4.78 is 6.45. The van der Waals surface area contributed by atoms with E-state index >= 15 is 0 Å². The summed E-state index contributed by atoms with van der Waals surface area (Å²) in [5.41, 5.74) is 16.6. The van der Waals surface area contributed by atoms with Gasteiger partial charge in [-0.3, -0.25) is 0 Å². The first-order valence-corrected chi connectivity index (χ1v) is 17.9. The lowest BCUT2D eigenvalue weighted by Gasteiger charge is -2.29. The average molecular weight is 660 g/mol. The molecule has 0 unspecified atom stereocenters. The molecule has 0 aliphatic heterocycles. The molecular weight excluding hydrogens is 619 g/mol. The summed E-state index contributed by atoms with van der Waals surface area (Å²) in [5, 5.41) is 2.21. The lowest BCUT2D eigenvalue weighted by atomic mass is 9.79. The van der Waals surface area contributed by atoms with Crippen molar-refractivity contribution in [3.63, 3.8) is 0 Å². The van der Waals surface area contributed by atoms with Gasteiger partial charge in [0.1, 0.15) is 11.2 Å². The summed E-state index contributed by atoms with van der Waals surface area (Å²) in [4.78, 5) is 2.44. The Morgan fingerprint density at radius 2 is 1.18 bits per heavy atom. The molecule has 0 fully saturated rings. The first-order chi connectivity index (χ1) is 24.7. The fraction of sp³-hybridized carbons (Fsp3) is 0.143. The van der Waals surface area contributed by atoms with Crippen molar-refractivity contribution in [2.45, 2.75) is 45.4 Å². The zero-order chi connectivity index (χ0) is 34.9. The summed E-state index contributed by atoms with van der Waals surface area (Å²) in [7, 11) is 0. The minimum atomic E-state index is -0.123. The Kier molecular flexibility index (Phi) is 7.09. The van der Waals surface area contributed by atoms with Crippen molar-refractivity contribution in [3.8, 4) is 33.4 Å². The molecule has 0 spiro atoms. The third-order valence-corrected chi connectivity index (χ3v) is 10.8. The Morgan fingerprint density at radius 3 is 2.02 bits per heavy atom. The van der Waals surface area contributed by atoms with E-state index in [1.165, 1.54) is 50.1 Å². The van der Waals surface area contributed by atoms with Crippen LogP contribution < -0.4 is 4.90 Å². The largest absolute Gasteiger partial charge is 0.456 e. The molecule has 8 aromatic rings. The second-order valence-electron chi connectivity index (χ2n) is 15.4. The van der Waals surface area contributed by atoms with Crippen LogP contribution in [0.25, 0.3) is 55.3 Å². The van der Waals surface area contributed by atoms with Crippen molar-refractivity contribution in [3.05, 3.63) is 174 Å². The summed E-state index contributed by atoms with van der Waals surface area (Å²) in [5.74, 6) is 0. The van der Waals surface area contributed by atoms with Gasteiger partial charge in [0, 0.05) is 22.1 Å². The Bertz CT molecular complexity index is 2600. The molecule has 2 nitrogen and oxygen atoms in total. The van der Waals surface area contributed by atoms with Crippen LogP contribution in [0.5, 0.6) is 0 Å². The van der Waals surface area contributed by atoms with E-state index in [4.69, 9.17) is 4.42 Å². The normalized spacial score (nSPS) is 13.4. The molecule has 0 radical (unpaired) electrons. The molecular formula is C49H41NO. The number of hydrogen-bond acceptors (Lipinski definition) is 2. The number of anilines is 3. The van der Waals surface area contributed by atoms with E-state index in [-0.39, 0.29) is 10.8 Å². The first kappa shape index (κ1) is 31.1. The lowest BCUT2D eigenvalue weighted by molar-refractivity contribution is 0.584. The molecule has 0 saturated carbocycles. The summed E-state index contributed by atoms with van der Waals surface area (Å²) in [6.07, 6.45) is 0.